The molecule has 0 rings (SSSR count). The minimum absolute atomic E-state index is 0.0324. The van der Waals surface area contributed by atoms with Gasteiger partial charge in [0.1, 0.15) is 0 Å². The quantitative estimate of drug-likeness (QED) is 0.302. The molecule has 0 bridgehead atoms. The number of nitrogens with zero attached hydrogens (tertiary/aromatic N) is 1. The third-order valence-corrected chi connectivity index (χ3v) is 0.672. The number of hydrogen-bond donors (Lipinski definition) is 1. The molecule has 0 aromatic carbocycles. The van der Waals surface area contributed by atoms with Crippen LogP contribution in [0.4, 0.5) is 0 Å². The SMILES string of the molecule is NC=NC(Br)Br. The molecule has 0 aliphatic rings. The van der Waals surface area contributed by atoms with Gasteiger partial charge in [0.05, 0.1) is 6.34 Å². The summed E-state index contributed by atoms with van der Waals surface area (Å²) in [5, 5.41) is 0. The van der Waals surface area contributed by atoms with Crippen molar-refractivity contribution in [3.8, 4) is 0 Å². The molecule has 0 saturated heterocycles. The molecule has 0 spiro atoms. The zero-order chi connectivity index (χ0) is 4.99. The highest BCUT2D eigenvalue weighted by molar-refractivity contribution is 9.24. The average Bonchev–Trinajstić information content (AvgIpc) is 1.35. The monoisotopic (exact) mass is 214 g/mol. The number of hydrogen-bond acceptors (Lipinski definition) is 1. The molecule has 0 aliphatic heterocycles. The standard InChI is InChI=1S/C2H4Br2N2/c3-2(4)6-1-5/h1-2H,(H2,5,6). The van der Waals surface area contributed by atoms with E-state index in [4.69, 9.17) is 5.73 Å². The lowest BCUT2D eigenvalue weighted by atomic mass is 11.3. The van der Waals surface area contributed by atoms with Crippen LogP contribution in [0.2, 0.25) is 0 Å². The molecule has 0 amide bonds. The Bertz CT molecular complexity index is 51.5. The van der Waals surface area contributed by atoms with Gasteiger partial charge < -0.3 is 5.73 Å². The normalized spacial score (nSPS) is 11.2. The molecule has 36 valence electrons. The Labute approximate surface area is 53.1 Å². The van der Waals surface area contributed by atoms with E-state index in [0.29, 0.717) is 0 Å². The van der Waals surface area contributed by atoms with Crippen LogP contribution in [-0.2, 0) is 0 Å². The fourth-order valence-electron chi connectivity index (χ4n) is 0.0651. The average molecular weight is 216 g/mol. The molecule has 0 heterocycles. The van der Waals surface area contributed by atoms with Crippen LogP contribution in [0.5, 0.6) is 0 Å². The molecule has 0 aromatic rings. The highest BCUT2D eigenvalue weighted by Gasteiger charge is 1.82. The first-order chi connectivity index (χ1) is 2.77. The van der Waals surface area contributed by atoms with Crippen molar-refractivity contribution in [3.63, 3.8) is 0 Å². The van der Waals surface area contributed by atoms with Gasteiger partial charge in [-0.2, -0.15) is 0 Å². The van der Waals surface area contributed by atoms with E-state index in [2.05, 4.69) is 36.9 Å². The molecular formula is C2H4Br2N2. The van der Waals surface area contributed by atoms with Crippen LogP contribution >= 0.6 is 31.9 Å². The van der Waals surface area contributed by atoms with Gasteiger partial charge in [-0.1, -0.05) is 31.9 Å². The first kappa shape index (κ1) is 6.43. The van der Waals surface area contributed by atoms with Crippen molar-refractivity contribution < 1.29 is 0 Å². The molecular weight excluding hydrogens is 212 g/mol. The second-order valence-electron chi connectivity index (χ2n) is 0.576. The number of aliphatic imine (C=N–C) groups is 1. The fourth-order valence-corrected chi connectivity index (χ4v) is 0.338. The van der Waals surface area contributed by atoms with Gasteiger partial charge in [0.25, 0.3) is 0 Å². The van der Waals surface area contributed by atoms with Gasteiger partial charge in [0.2, 0.25) is 0 Å². The van der Waals surface area contributed by atoms with Crippen molar-refractivity contribution >= 4 is 38.2 Å². The predicted octanol–water partition coefficient (Wildman–Crippen LogP) is 1.05. The lowest BCUT2D eigenvalue weighted by Crippen LogP contribution is -1.90. The Morgan fingerprint density at radius 2 is 2.17 bits per heavy atom. The van der Waals surface area contributed by atoms with Gasteiger partial charge >= 0.3 is 0 Å². The largest absolute Gasteiger partial charge is 0.390 e. The van der Waals surface area contributed by atoms with Crippen molar-refractivity contribution in [3.05, 3.63) is 0 Å². The summed E-state index contributed by atoms with van der Waals surface area (Å²) >= 11 is 6.15. The summed E-state index contributed by atoms with van der Waals surface area (Å²) in [6, 6.07) is 0. The Morgan fingerprint density at radius 1 is 1.67 bits per heavy atom. The van der Waals surface area contributed by atoms with Crippen molar-refractivity contribution in [2.24, 2.45) is 10.7 Å². The minimum Gasteiger partial charge on any atom is -0.390 e. The molecule has 0 saturated carbocycles. The summed E-state index contributed by atoms with van der Waals surface area (Å²) in [4.78, 5) is 3.61. The van der Waals surface area contributed by atoms with E-state index >= 15 is 0 Å². The predicted molar refractivity (Wildman–Crippen MR) is 34.3 cm³/mol. The van der Waals surface area contributed by atoms with Crippen molar-refractivity contribution in [1.82, 2.24) is 0 Å². The molecule has 0 unspecified atom stereocenters. The molecule has 2 N–H and O–H groups in total. The molecule has 2 nitrogen and oxygen atoms in total. The highest BCUT2D eigenvalue weighted by Crippen LogP contribution is 2.06. The lowest BCUT2D eigenvalue weighted by molar-refractivity contribution is 1.34. The highest BCUT2D eigenvalue weighted by atomic mass is 79.9. The smallest absolute Gasteiger partial charge is 0.160 e. The van der Waals surface area contributed by atoms with Gasteiger partial charge in [-0.25, -0.2) is 4.99 Å². The second-order valence-corrected chi connectivity index (χ2v) is 3.54. The molecule has 0 fully saturated rings. The summed E-state index contributed by atoms with van der Waals surface area (Å²) in [5.41, 5.74) is 4.88. The summed E-state index contributed by atoms with van der Waals surface area (Å²) < 4.78 is -0.0324. The summed E-state index contributed by atoms with van der Waals surface area (Å²) in [6.45, 7) is 0. The van der Waals surface area contributed by atoms with Gasteiger partial charge in [-0.3, -0.25) is 0 Å². The zero-order valence-corrected chi connectivity index (χ0v) is 6.11. The molecule has 0 radical (unpaired) electrons. The Morgan fingerprint density at radius 3 is 2.17 bits per heavy atom. The van der Waals surface area contributed by atoms with Crippen molar-refractivity contribution in [2.45, 2.75) is 3.86 Å². The van der Waals surface area contributed by atoms with Crippen LogP contribution in [-0.4, -0.2) is 10.2 Å². The van der Waals surface area contributed by atoms with Gasteiger partial charge in [0, 0.05) is 0 Å². The van der Waals surface area contributed by atoms with Gasteiger partial charge in [-0.15, -0.1) is 0 Å². The first-order valence-corrected chi connectivity index (χ1v) is 3.12. The van der Waals surface area contributed by atoms with E-state index in [-0.39, 0.29) is 3.86 Å². The topological polar surface area (TPSA) is 38.4 Å². The van der Waals surface area contributed by atoms with E-state index in [1.165, 1.54) is 6.34 Å². The minimum atomic E-state index is -0.0324. The van der Waals surface area contributed by atoms with Crippen LogP contribution in [0.15, 0.2) is 4.99 Å². The fraction of sp³-hybridized carbons (Fsp3) is 0.500. The first-order valence-electron chi connectivity index (χ1n) is 1.29. The van der Waals surface area contributed by atoms with E-state index < -0.39 is 0 Å². The Hall–Kier alpha value is 0.430. The maximum absolute atomic E-state index is 4.88. The van der Waals surface area contributed by atoms with Crippen LogP contribution < -0.4 is 5.73 Å². The Kier molecular flexibility index (Phi) is 3.87. The summed E-state index contributed by atoms with van der Waals surface area (Å²) in [7, 11) is 0. The van der Waals surface area contributed by atoms with Crippen molar-refractivity contribution in [2.75, 3.05) is 0 Å². The lowest BCUT2D eigenvalue weighted by Gasteiger charge is -1.82. The van der Waals surface area contributed by atoms with Gasteiger partial charge in [-0.05, 0) is 0 Å². The van der Waals surface area contributed by atoms with E-state index in [1.54, 1.807) is 0 Å². The number of rotatable bonds is 1. The maximum Gasteiger partial charge on any atom is 0.160 e. The number of alkyl halides is 2. The number of halogens is 2. The van der Waals surface area contributed by atoms with Crippen LogP contribution in [0.3, 0.4) is 0 Å². The molecule has 0 aliphatic carbocycles. The molecule has 0 aromatic heterocycles. The second kappa shape index (κ2) is 3.61. The van der Waals surface area contributed by atoms with Gasteiger partial charge in [0.15, 0.2) is 3.86 Å². The summed E-state index contributed by atoms with van der Waals surface area (Å²) in [5.74, 6) is 0. The number of nitrogens with two attached hydrogens (primary N) is 1. The molecule has 4 heteroatoms. The maximum atomic E-state index is 4.88. The van der Waals surface area contributed by atoms with E-state index in [9.17, 15) is 0 Å². The van der Waals surface area contributed by atoms with Crippen LogP contribution in [0.1, 0.15) is 0 Å². The van der Waals surface area contributed by atoms with Crippen LogP contribution in [0, 0.1) is 0 Å². The third-order valence-electron chi connectivity index (χ3n) is 0.199. The van der Waals surface area contributed by atoms with E-state index in [0.717, 1.165) is 0 Å². The van der Waals surface area contributed by atoms with Crippen LogP contribution in [0.25, 0.3) is 0 Å². The zero-order valence-electron chi connectivity index (χ0n) is 2.94. The van der Waals surface area contributed by atoms with E-state index in [1.807, 2.05) is 0 Å². The third kappa shape index (κ3) is 4.43. The molecule has 0 atom stereocenters. The summed E-state index contributed by atoms with van der Waals surface area (Å²) in [6.07, 6.45) is 1.23. The molecule has 6 heavy (non-hydrogen) atoms. The Balaban J connectivity index is 3.03. The van der Waals surface area contributed by atoms with Crippen molar-refractivity contribution in [1.29, 1.82) is 0 Å².